The zero-order valence-corrected chi connectivity index (χ0v) is 15.8. The fourth-order valence-corrected chi connectivity index (χ4v) is 3.16. The molecule has 142 valence electrons. The van der Waals surface area contributed by atoms with E-state index in [0.717, 1.165) is 24.4 Å². The van der Waals surface area contributed by atoms with Gasteiger partial charge in [-0.3, -0.25) is 9.78 Å². The van der Waals surface area contributed by atoms with Gasteiger partial charge in [-0.2, -0.15) is 0 Å². The molecule has 1 aliphatic rings. The molecule has 3 rings (SSSR count). The van der Waals surface area contributed by atoms with Crippen LogP contribution in [0.15, 0.2) is 54.2 Å². The maximum atomic E-state index is 12.5. The Morgan fingerprint density at radius 1 is 1.15 bits per heavy atom. The molecule has 1 aromatic heterocycles. The molecular weight excluding hydrogens is 338 g/mol. The number of aromatic nitrogens is 1. The van der Waals surface area contributed by atoms with Crippen LogP contribution in [0, 0.1) is 0 Å². The molecule has 0 saturated heterocycles. The fraction of sp³-hybridized carbons (Fsp3) is 0.364. The predicted molar refractivity (Wildman–Crippen MR) is 109 cm³/mol. The van der Waals surface area contributed by atoms with E-state index in [4.69, 9.17) is 4.74 Å². The van der Waals surface area contributed by atoms with Gasteiger partial charge in [-0.15, -0.1) is 0 Å². The van der Waals surface area contributed by atoms with Crippen LogP contribution in [0.1, 0.15) is 49.5 Å². The number of allylic oxidation sites excluding steroid dienone is 1. The Kier molecular flexibility index (Phi) is 6.85. The first-order chi connectivity index (χ1) is 13.2. The first-order valence-electron chi connectivity index (χ1n) is 9.66. The second-order valence-corrected chi connectivity index (χ2v) is 6.63. The van der Waals surface area contributed by atoms with Crippen LogP contribution in [0.3, 0.4) is 0 Å². The van der Waals surface area contributed by atoms with Gasteiger partial charge in [0.25, 0.3) is 5.91 Å². The third-order valence-electron chi connectivity index (χ3n) is 4.58. The number of benzene rings is 1. The number of ether oxygens (including phenoxy) is 1. The number of nitrogens with zero attached hydrogens (tertiary/aromatic N) is 1. The van der Waals surface area contributed by atoms with E-state index >= 15 is 0 Å². The van der Waals surface area contributed by atoms with Crippen molar-refractivity contribution in [1.82, 2.24) is 4.98 Å². The molecule has 1 heterocycles. The van der Waals surface area contributed by atoms with Gasteiger partial charge in [0.2, 0.25) is 0 Å². The lowest BCUT2D eigenvalue weighted by Gasteiger charge is -2.13. The topological polar surface area (TPSA) is 63.2 Å². The average Bonchev–Trinajstić information content (AvgIpc) is 2.71. The molecule has 0 radical (unpaired) electrons. The van der Waals surface area contributed by atoms with Crippen LogP contribution in [0.2, 0.25) is 0 Å². The Labute approximate surface area is 160 Å². The Balaban J connectivity index is 1.54. The minimum Gasteiger partial charge on any atom is -0.494 e. The van der Waals surface area contributed by atoms with Crippen molar-refractivity contribution in [3.05, 3.63) is 59.9 Å². The minimum atomic E-state index is -0.224. The number of pyridine rings is 1. The molecule has 1 aromatic carbocycles. The van der Waals surface area contributed by atoms with E-state index in [9.17, 15) is 4.79 Å². The molecule has 0 fully saturated rings. The van der Waals surface area contributed by atoms with Gasteiger partial charge in [0.05, 0.1) is 6.61 Å². The Morgan fingerprint density at radius 2 is 2.00 bits per heavy atom. The van der Waals surface area contributed by atoms with Gasteiger partial charge in [-0.25, -0.2) is 0 Å². The van der Waals surface area contributed by atoms with Gasteiger partial charge < -0.3 is 15.4 Å². The van der Waals surface area contributed by atoms with E-state index in [1.54, 1.807) is 12.3 Å². The van der Waals surface area contributed by atoms with Gasteiger partial charge in [0, 0.05) is 24.1 Å². The standard InChI is InChI=1S/C22H27N3O2/c1-2-27-20-10-8-18(9-11-20)25-22(26)21-16-19(13-15-24-21)23-14-12-17-6-4-3-5-7-17/h6,8-11,13,15-16H,2-5,7,12,14H2,1H3,(H,23,24)(H,25,26). The van der Waals surface area contributed by atoms with Crippen LogP contribution in [0.25, 0.3) is 0 Å². The molecule has 0 spiro atoms. The third-order valence-corrected chi connectivity index (χ3v) is 4.58. The quantitative estimate of drug-likeness (QED) is 0.644. The molecule has 0 bridgehead atoms. The van der Waals surface area contributed by atoms with E-state index in [2.05, 4.69) is 21.7 Å². The first kappa shape index (κ1) is 19.0. The van der Waals surface area contributed by atoms with Crippen LogP contribution >= 0.6 is 0 Å². The molecule has 5 nitrogen and oxygen atoms in total. The van der Waals surface area contributed by atoms with Crippen molar-refractivity contribution in [2.75, 3.05) is 23.8 Å². The monoisotopic (exact) mass is 365 g/mol. The van der Waals surface area contributed by atoms with Gasteiger partial charge in [0.15, 0.2) is 0 Å². The van der Waals surface area contributed by atoms with Crippen molar-refractivity contribution in [2.24, 2.45) is 0 Å². The third kappa shape index (κ3) is 5.84. The summed E-state index contributed by atoms with van der Waals surface area (Å²) in [6.07, 6.45) is 10.1. The largest absolute Gasteiger partial charge is 0.494 e. The summed E-state index contributed by atoms with van der Waals surface area (Å²) in [5, 5.41) is 6.26. The summed E-state index contributed by atoms with van der Waals surface area (Å²) in [6.45, 7) is 3.43. The van der Waals surface area contributed by atoms with Crippen LogP contribution in [0.5, 0.6) is 5.75 Å². The number of nitrogens with one attached hydrogen (secondary N) is 2. The van der Waals surface area contributed by atoms with Gasteiger partial charge in [0.1, 0.15) is 11.4 Å². The summed E-state index contributed by atoms with van der Waals surface area (Å²) in [6, 6.07) is 11.0. The molecule has 0 unspecified atom stereocenters. The number of hydrogen-bond donors (Lipinski definition) is 2. The number of amides is 1. The molecule has 5 heteroatoms. The summed E-state index contributed by atoms with van der Waals surface area (Å²) in [4.78, 5) is 16.6. The number of carbonyl (C=O) groups is 1. The highest BCUT2D eigenvalue weighted by molar-refractivity contribution is 6.03. The van der Waals surface area contributed by atoms with E-state index in [-0.39, 0.29) is 5.91 Å². The molecule has 27 heavy (non-hydrogen) atoms. The molecule has 1 aliphatic carbocycles. The molecule has 0 aliphatic heterocycles. The van der Waals surface area contributed by atoms with Gasteiger partial charge in [-0.05, 0) is 75.4 Å². The lowest BCUT2D eigenvalue weighted by atomic mass is 9.97. The molecule has 2 aromatic rings. The van der Waals surface area contributed by atoms with Crippen molar-refractivity contribution in [1.29, 1.82) is 0 Å². The highest BCUT2D eigenvalue weighted by Gasteiger charge is 2.09. The van der Waals surface area contributed by atoms with Crippen LogP contribution in [-0.2, 0) is 0 Å². The summed E-state index contributed by atoms with van der Waals surface area (Å²) in [5.74, 6) is 0.561. The van der Waals surface area contributed by atoms with Crippen molar-refractivity contribution < 1.29 is 9.53 Å². The first-order valence-corrected chi connectivity index (χ1v) is 9.66. The number of rotatable bonds is 8. The fourth-order valence-electron chi connectivity index (χ4n) is 3.16. The maximum absolute atomic E-state index is 12.5. The smallest absolute Gasteiger partial charge is 0.274 e. The van der Waals surface area contributed by atoms with Crippen molar-refractivity contribution in [2.45, 2.75) is 39.0 Å². The normalized spacial score (nSPS) is 13.6. The zero-order chi connectivity index (χ0) is 18.9. The van der Waals surface area contributed by atoms with Crippen molar-refractivity contribution >= 4 is 17.3 Å². The second-order valence-electron chi connectivity index (χ2n) is 6.63. The van der Waals surface area contributed by atoms with E-state index in [1.807, 2.05) is 37.3 Å². The summed E-state index contributed by atoms with van der Waals surface area (Å²) in [5.41, 5.74) is 3.56. The highest BCUT2D eigenvalue weighted by Crippen LogP contribution is 2.20. The maximum Gasteiger partial charge on any atom is 0.274 e. The van der Waals surface area contributed by atoms with E-state index in [0.29, 0.717) is 18.0 Å². The number of anilines is 2. The van der Waals surface area contributed by atoms with Crippen LogP contribution in [0.4, 0.5) is 11.4 Å². The van der Waals surface area contributed by atoms with Gasteiger partial charge >= 0.3 is 0 Å². The summed E-state index contributed by atoms with van der Waals surface area (Å²) >= 11 is 0. The summed E-state index contributed by atoms with van der Waals surface area (Å²) < 4.78 is 5.41. The molecule has 1 amide bonds. The molecular formula is C22H27N3O2. The van der Waals surface area contributed by atoms with E-state index < -0.39 is 0 Å². The van der Waals surface area contributed by atoms with Crippen LogP contribution in [-0.4, -0.2) is 24.0 Å². The average molecular weight is 365 g/mol. The Bertz CT molecular complexity index is 784. The lowest BCUT2D eigenvalue weighted by molar-refractivity contribution is 0.102. The number of hydrogen-bond acceptors (Lipinski definition) is 4. The predicted octanol–water partition coefficient (Wildman–Crippen LogP) is 5.04. The molecule has 0 atom stereocenters. The minimum absolute atomic E-state index is 0.224. The second kappa shape index (κ2) is 9.76. The lowest BCUT2D eigenvalue weighted by Crippen LogP contribution is -2.14. The summed E-state index contributed by atoms with van der Waals surface area (Å²) in [7, 11) is 0. The zero-order valence-electron chi connectivity index (χ0n) is 15.8. The Morgan fingerprint density at radius 3 is 2.74 bits per heavy atom. The van der Waals surface area contributed by atoms with Crippen LogP contribution < -0.4 is 15.4 Å². The SMILES string of the molecule is CCOc1ccc(NC(=O)c2cc(NCCC3=CCCCC3)ccn2)cc1. The van der Waals surface area contributed by atoms with E-state index in [1.165, 1.54) is 31.3 Å². The Hall–Kier alpha value is -2.82. The van der Waals surface area contributed by atoms with Gasteiger partial charge in [-0.1, -0.05) is 11.6 Å². The molecule has 2 N–H and O–H groups in total. The number of carbonyl (C=O) groups excluding carboxylic acids is 1. The molecule has 0 saturated carbocycles. The highest BCUT2D eigenvalue weighted by atomic mass is 16.5. The van der Waals surface area contributed by atoms with Crippen molar-refractivity contribution in [3.8, 4) is 5.75 Å². The van der Waals surface area contributed by atoms with Crippen molar-refractivity contribution in [3.63, 3.8) is 0 Å².